The zero-order valence-corrected chi connectivity index (χ0v) is 28.5. The lowest BCUT2D eigenvalue weighted by Gasteiger charge is -2.71. The molecule has 1 aliphatic heterocycles. The van der Waals surface area contributed by atoms with Crippen LogP contribution in [0.25, 0.3) is 0 Å². The number of carbonyl (C=O) groups is 1. The Kier molecular flexibility index (Phi) is 8.46. The van der Waals surface area contributed by atoms with Gasteiger partial charge in [0.25, 0.3) is 0 Å². The Balaban J connectivity index is 1.34. The molecule has 1 saturated heterocycles. The molecule has 6 rings (SSSR count). The van der Waals surface area contributed by atoms with Gasteiger partial charge in [0, 0.05) is 5.41 Å². The quantitative estimate of drug-likeness (QED) is 0.173. The number of fused-ring (bicyclic) bond motifs is 7. The van der Waals surface area contributed by atoms with Crippen molar-refractivity contribution in [3.63, 3.8) is 0 Å². The summed E-state index contributed by atoms with van der Waals surface area (Å²) in [5.74, 6) is -0.518. The SMILES string of the molecule is CC1(C)CC[C@]2(C(=O)O)CC[C@]3(C)C(=CC[C@@H]4[C@@]5(C)C[C@H](O)[C@H](O[C@H]6O[C@@H](CO)[C@H](O)[C@@H](O)[C@@H]6O)[C@@](C)(CO)[C@@H]5CC[C@]43C)[C@@H]2C1. The second-order valence-electron chi connectivity index (χ2n) is 17.9. The average molecular weight is 651 g/mol. The summed E-state index contributed by atoms with van der Waals surface area (Å²) in [5.41, 5.74) is -0.930. The van der Waals surface area contributed by atoms with E-state index < -0.39 is 66.3 Å². The Hall–Kier alpha value is -1.11. The van der Waals surface area contributed by atoms with E-state index in [9.17, 15) is 40.5 Å². The molecule has 10 heteroatoms. The summed E-state index contributed by atoms with van der Waals surface area (Å²) in [7, 11) is 0. The van der Waals surface area contributed by atoms with Crippen LogP contribution in [0, 0.1) is 50.2 Å². The summed E-state index contributed by atoms with van der Waals surface area (Å²) in [6.45, 7) is 12.6. The highest BCUT2D eigenvalue weighted by Gasteiger charge is 2.71. The van der Waals surface area contributed by atoms with Gasteiger partial charge in [-0.15, -0.1) is 0 Å². The molecular formula is C36H58O10. The summed E-state index contributed by atoms with van der Waals surface area (Å²) in [6, 6.07) is 0. The van der Waals surface area contributed by atoms with E-state index in [-0.39, 0.29) is 46.0 Å². The van der Waals surface area contributed by atoms with Gasteiger partial charge in [-0.25, -0.2) is 0 Å². The maximum Gasteiger partial charge on any atom is 0.310 e. The molecule has 5 aliphatic carbocycles. The minimum absolute atomic E-state index is 0.00627. The van der Waals surface area contributed by atoms with Crippen LogP contribution in [-0.4, -0.2) is 97.8 Å². The zero-order chi connectivity index (χ0) is 33.8. The van der Waals surface area contributed by atoms with Crippen LogP contribution in [0.1, 0.15) is 99.3 Å². The molecule has 46 heavy (non-hydrogen) atoms. The van der Waals surface area contributed by atoms with E-state index in [0.717, 1.165) is 38.5 Å². The lowest BCUT2D eigenvalue weighted by molar-refractivity contribution is -0.345. The van der Waals surface area contributed by atoms with Crippen LogP contribution in [0.2, 0.25) is 0 Å². The molecule has 5 fully saturated rings. The van der Waals surface area contributed by atoms with Gasteiger partial charge in [0.05, 0.1) is 30.8 Å². The molecule has 0 aromatic carbocycles. The fraction of sp³-hybridized carbons (Fsp3) is 0.917. The van der Waals surface area contributed by atoms with E-state index in [1.807, 2.05) is 6.92 Å². The third-order valence-electron chi connectivity index (χ3n) is 15.2. The molecule has 1 heterocycles. The molecule has 0 amide bonds. The third-order valence-corrected chi connectivity index (χ3v) is 15.2. The van der Waals surface area contributed by atoms with E-state index in [4.69, 9.17) is 9.47 Å². The Bertz CT molecular complexity index is 1240. The highest BCUT2D eigenvalue weighted by molar-refractivity contribution is 5.76. The number of aliphatic hydroxyl groups is 6. The summed E-state index contributed by atoms with van der Waals surface area (Å²) in [4.78, 5) is 13.0. The van der Waals surface area contributed by atoms with Crippen molar-refractivity contribution in [3.8, 4) is 0 Å². The second-order valence-corrected chi connectivity index (χ2v) is 17.9. The van der Waals surface area contributed by atoms with Crippen LogP contribution in [0.5, 0.6) is 0 Å². The molecule has 0 spiro atoms. The first-order valence-corrected chi connectivity index (χ1v) is 17.5. The topological polar surface area (TPSA) is 177 Å². The molecule has 0 aromatic heterocycles. The van der Waals surface area contributed by atoms with Gasteiger partial charge in [0.15, 0.2) is 6.29 Å². The standard InChI is InChI=1S/C36H58O10/c1-31(2)11-13-36(30(43)44)14-12-34(5)19(20(36)15-31)7-8-24-32(3)16-21(39)28(33(4,18-38)23(32)9-10-35(24,34)6)46-29-27(42)26(41)25(40)22(17-37)45-29/h7,20-29,37-42H,8-18H2,1-6H3,(H,43,44)/t20-,21-,22-,23+,24+,25-,26+,27-,28-,29+,32-,33-,34+,35+,36-/m0/s1. The number of aliphatic carboxylic acids is 1. The van der Waals surface area contributed by atoms with Crippen LogP contribution in [0.4, 0.5) is 0 Å². The van der Waals surface area contributed by atoms with E-state index in [0.29, 0.717) is 19.3 Å². The van der Waals surface area contributed by atoms with E-state index in [2.05, 4.69) is 40.7 Å². The Morgan fingerprint density at radius 1 is 0.891 bits per heavy atom. The van der Waals surface area contributed by atoms with Crippen LogP contribution in [0.15, 0.2) is 11.6 Å². The highest BCUT2D eigenvalue weighted by Crippen LogP contribution is 2.76. The molecule has 0 radical (unpaired) electrons. The van der Waals surface area contributed by atoms with Crippen molar-refractivity contribution >= 4 is 5.97 Å². The first-order valence-electron chi connectivity index (χ1n) is 17.5. The van der Waals surface area contributed by atoms with Gasteiger partial charge in [-0.3, -0.25) is 4.79 Å². The normalized spacial score (nSPS) is 54.8. The Morgan fingerprint density at radius 2 is 1.57 bits per heavy atom. The molecule has 0 unspecified atom stereocenters. The van der Waals surface area contributed by atoms with E-state index in [1.165, 1.54) is 5.57 Å². The van der Waals surface area contributed by atoms with Crippen LogP contribution < -0.4 is 0 Å². The molecule has 4 saturated carbocycles. The molecule has 7 N–H and O–H groups in total. The summed E-state index contributed by atoms with van der Waals surface area (Å²) < 4.78 is 11.9. The number of carboxylic acid groups (broad SMARTS) is 1. The lowest BCUT2D eigenvalue weighted by Crippen LogP contribution is -2.69. The molecular weight excluding hydrogens is 592 g/mol. The van der Waals surface area contributed by atoms with Crippen molar-refractivity contribution in [1.82, 2.24) is 0 Å². The molecule has 0 aromatic rings. The van der Waals surface area contributed by atoms with E-state index >= 15 is 0 Å². The first-order chi connectivity index (χ1) is 21.3. The van der Waals surface area contributed by atoms with Crippen molar-refractivity contribution in [2.24, 2.45) is 50.2 Å². The van der Waals surface area contributed by atoms with Crippen LogP contribution in [0.3, 0.4) is 0 Å². The average Bonchev–Trinajstić information content (AvgIpc) is 2.98. The zero-order valence-electron chi connectivity index (χ0n) is 28.5. The second kappa shape index (κ2) is 11.2. The smallest absolute Gasteiger partial charge is 0.310 e. The third kappa shape index (κ3) is 4.60. The van der Waals surface area contributed by atoms with Crippen molar-refractivity contribution in [2.75, 3.05) is 13.2 Å². The maximum absolute atomic E-state index is 13.0. The number of allylic oxidation sites excluding steroid dienone is 2. The van der Waals surface area contributed by atoms with Crippen molar-refractivity contribution in [2.45, 2.75) is 142 Å². The summed E-state index contributed by atoms with van der Waals surface area (Å²) >= 11 is 0. The van der Waals surface area contributed by atoms with Crippen LogP contribution in [-0.2, 0) is 14.3 Å². The van der Waals surface area contributed by atoms with Crippen molar-refractivity contribution in [1.29, 1.82) is 0 Å². The van der Waals surface area contributed by atoms with Gasteiger partial charge in [0.1, 0.15) is 24.4 Å². The minimum Gasteiger partial charge on any atom is -0.481 e. The van der Waals surface area contributed by atoms with E-state index in [1.54, 1.807) is 0 Å². The number of hydrogen-bond acceptors (Lipinski definition) is 9. The summed E-state index contributed by atoms with van der Waals surface area (Å²) in [6.07, 6.45) is 0.0131. The number of hydrogen-bond donors (Lipinski definition) is 7. The lowest BCUT2D eigenvalue weighted by atomic mass is 9.33. The Morgan fingerprint density at radius 3 is 2.20 bits per heavy atom. The monoisotopic (exact) mass is 650 g/mol. The van der Waals surface area contributed by atoms with Crippen LogP contribution >= 0.6 is 0 Å². The molecule has 15 atom stereocenters. The van der Waals surface area contributed by atoms with Gasteiger partial charge in [-0.2, -0.15) is 0 Å². The predicted octanol–water partition coefficient (Wildman–Crippen LogP) is 3.00. The number of carboxylic acids is 1. The van der Waals surface area contributed by atoms with Gasteiger partial charge < -0.3 is 45.2 Å². The fourth-order valence-electron chi connectivity index (χ4n) is 12.3. The fourth-order valence-corrected chi connectivity index (χ4v) is 12.3. The van der Waals surface area contributed by atoms with Crippen molar-refractivity contribution in [3.05, 3.63) is 11.6 Å². The van der Waals surface area contributed by atoms with Gasteiger partial charge in [-0.1, -0.05) is 53.2 Å². The van der Waals surface area contributed by atoms with Gasteiger partial charge in [-0.05, 0) is 97.2 Å². The van der Waals surface area contributed by atoms with Gasteiger partial charge in [0.2, 0.25) is 0 Å². The first kappa shape index (κ1) is 34.7. The highest BCUT2D eigenvalue weighted by atomic mass is 16.7. The maximum atomic E-state index is 13.0. The molecule has 0 bridgehead atoms. The summed E-state index contributed by atoms with van der Waals surface area (Å²) in [5, 5.41) is 74.6. The number of rotatable bonds is 5. The Labute approximate surface area is 273 Å². The van der Waals surface area contributed by atoms with Gasteiger partial charge >= 0.3 is 5.97 Å². The largest absolute Gasteiger partial charge is 0.481 e. The number of aliphatic hydroxyl groups excluding tert-OH is 6. The number of ether oxygens (including phenoxy) is 2. The molecule has 10 nitrogen and oxygen atoms in total. The van der Waals surface area contributed by atoms with Crippen molar-refractivity contribution < 1.29 is 50.0 Å². The molecule has 6 aliphatic rings. The molecule has 262 valence electrons. The predicted molar refractivity (Wildman–Crippen MR) is 168 cm³/mol. The minimum atomic E-state index is -1.60.